The Bertz CT molecular complexity index is 532. The molecule has 1 aromatic rings. The fraction of sp³-hybridized carbons (Fsp3) is 0.650. The summed E-state index contributed by atoms with van der Waals surface area (Å²) in [6, 6.07) is 8.86. The number of rotatable bonds is 8. The molecule has 5 nitrogen and oxygen atoms in total. The first-order valence-electron chi connectivity index (χ1n) is 9.54. The molecule has 1 aliphatic rings. The minimum Gasteiger partial charge on any atom is -0.497 e. The number of nitrogens with one attached hydrogen (secondary N) is 2. The van der Waals surface area contributed by atoms with Gasteiger partial charge in [-0.1, -0.05) is 18.6 Å². The maximum atomic E-state index is 5.26. The molecule has 1 saturated heterocycles. The molecule has 0 spiro atoms. The Balaban J connectivity index is 1.61. The number of likely N-dealkylation sites (tertiary alicyclic amines) is 1. The van der Waals surface area contributed by atoms with Gasteiger partial charge in [0.05, 0.1) is 7.11 Å². The van der Waals surface area contributed by atoms with Gasteiger partial charge in [0.2, 0.25) is 0 Å². The first-order valence-corrected chi connectivity index (χ1v) is 9.54. The summed E-state index contributed by atoms with van der Waals surface area (Å²) in [5.74, 6) is 1.74. The normalized spacial score (nSPS) is 18.8. The van der Waals surface area contributed by atoms with Crippen LogP contribution in [0.4, 0.5) is 0 Å². The van der Waals surface area contributed by atoms with E-state index in [-0.39, 0.29) is 0 Å². The van der Waals surface area contributed by atoms with Crippen molar-refractivity contribution < 1.29 is 4.74 Å². The first kappa shape index (κ1) is 19.6. The van der Waals surface area contributed by atoms with E-state index in [1.165, 1.54) is 50.8 Å². The summed E-state index contributed by atoms with van der Waals surface area (Å²) < 4.78 is 5.26. The Morgan fingerprint density at radius 2 is 2.16 bits per heavy atom. The van der Waals surface area contributed by atoms with Gasteiger partial charge in [-0.3, -0.25) is 4.99 Å². The van der Waals surface area contributed by atoms with Gasteiger partial charge in [-0.15, -0.1) is 0 Å². The maximum absolute atomic E-state index is 5.26. The Kier molecular flexibility index (Phi) is 8.60. The lowest BCUT2D eigenvalue weighted by Gasteiger charge is -2.33. The highest BCUT2D eigenvalue weighted by molar-refractivity contribution is 5.79. The minimum absolute atomic E-state index is 0.738. The van der Waals surface area contributed by atoms with Crippen LogP contribution in [0.25, 0.3) is 0 Å². The van der Waals surface area contributed by atoms with Crippen molar-refractivity contribution in [2.24, 2.45) is 4.99 Å². The van der Waals surface area contributed by atoms with Gasteiger partial charge in [0.25, 0.3) is 0 Å². The van der Waals surface area contributed by atoms with Crippen LogP contribution in [0.2, 0.25) is 0 Å². The smallest absolute Gasteiger partial charge is 0.191 e. The Hall–Kier alpha value is -1.75. The molecule has 0 bridgehead atoms. The summed E-state index contributed by atoms with van der Waals surface area (Å²) in [5, 5.41) is 6.76. The molecule has 140 valence electrons. The molecule has 1 fully saturated rings. The zero-order chi connectivity index (χ0) is 17.9. The van der Waals surface area contributed by atoms with Crippen molar-refractivity contribution >= 4 is 5.96 Å². The van der Waals surface area contributed by atoms with E-state index >= 15 is 0 Å². The van der Waals surface area contributed by atoms with E-state index in [4.69, 9.17) is 4.74 Å². The van der Waals surface area contributed by atoms with Crippen molar-refractivity contribution in [2.75, 3.05) is 33.8 Å². The third kappa shape index (κ3) is 6.94. The lowest BCUT2D eigenvalue weighted by atomic mass is 10.0. The molecule has 1 heterocycles. The zero-order valence-corrected chi connectivity index (χ0v) is 16.1. The van der Waals surface area contributed by atoms with Gasteiger partial charge >= 0.3 is 0 Å². The number of benzene rings is 1. The average Bonchev–Trinajstić information content (AvgIpc) is 2.65. The molecule has 2 rings (SSSR count). The highest BCUT2D eigenvalue weighted by atomic mass is 16.5. The molecular weight excluding hydrogens is 312 g/mol. The molecule has 0 amide bonds. The van der Waals surface area contributed by atoms with Crippen LogP contribution in [0.15, 0.2) is 29.3 Å². The lowest BCUT2D eigenvalue weighted by Crippen LogP contribution is -2.39. The SMILES string of the molecule is CN=C(NCCCCN1CCCCC1C)NCc1cccc(OC)c1. The fourth-order valence-electron chi connectivity index (χ4n) is 3.33. The van der Waals surface area contributed by atoms with E-state index in [2.05, 4.69) is 33.5 Å². The van der Waals surface area contributed by atoms with Crippen molar-refractivity contribution in [1.82, 2.24) is 15.5 Å². The van der Waals surface area contributed by atoms with E-state index in [1.807, 2.05) is 25.2 Å². The first-order chi connectivity index (χ1) is 12.2. The van der Waals surface area contributed by atoms with Gasteiger partial charge in [0, 0.05) is 26.2 Å². The number of hydrogen-bond donors (Lipinski definition) is 2. The third-order valence-corrected chi connectivity index (χ3v) is 4.92. The van der Waals surface area contributed by atoms with Gasteiger partial charge in [-0.2, -0.15) is 0 Å². The Morgan fingerprint density at radius 1 is 1.28 bits per heavy atom. The minimum atomic E-state index is 0.738. The van der Waals surface area contributed by atoms with E-state index in [1.54, 1.807) is 7.11 Å². The number of hydrogen-bond acceptors (Lipinski definition) is 3. The van der Waals surface area contributed by atoms with Crippen LogP contribution in [-0.2, 0) is 6.54 Å². The molecule has 1 unspecified atom stereocenters. The summed E-state index contributed by atoms with van der Waals surface area (Å²) in [5.41, 5.74) is 1.18. The molecule has 1 atom stereocenters. The average molecular weight is 347 g/mol. The number of methoxy groups -OCH3 is 1. The summed E-state index contributed by atoms with van der Waals surface area (Å²) in [6.45, 7) is 6.56. The molecule has 0 radical (unpaired) electrons. The Morgan fingerprint density at radius 3 is 2.92 bits per heavy atom. The largest absolute Gasteiger partial charge is 0.497 e. The van der Waals surface area contributed by atoms with Gasteiger partial charge in [-0.25, -0.2) is 0 Å². The van der Waals surface area contributed by atoms with Crippen LogP contribution in [-0.4, -0.2) is 50.7 Å². The van der Waals surface area contributed by atoms with Crippen molar-refractivity contribution in [1.29, 1.82) is 0 Å². The molecule has 1 aliphatic heterocycles. The lowest BCUT2D eigenvalue weighted by molar-refractivity contribution is 0.158. The number of ether oxygens (including phenoxy) is 1. The summed E-state index contributed by atoms with van der Waals surface area (Å²) in [7, 11) is 3.51. The fourth-order valence-corrected chi connectivity index (χ4v) is 3.33. The van der Waals surface area contributed by atoms with Crippen LogP contribution >= 0.6 is 0 Å². The Labute approximate surface area is 152 Å². The number of piperidine rings is 1. The number of nitrogens with zero attached hydrogens (tertiary/aromatic N) is 2. The van der Waals surface area contributed by atoms with Crippen molar-refractivity contribution in [3.8, 4) is 5.75 Å². The molecule has 0 aromatic heterocycles. The predicted octanol–water partition coefficient (Wildman–Crippen LogP) is 3.01. The van der Waals surface area contributed by atoms with E-state index in [0.29, 0.717) is 0 Å². The van der Waals surface area contributed by atoms with E-state index in [9.17, 15) is 0 Å². The second-order valence-corrected chi connectivity index (χ2v) is 6.79. The van der Waals surface area contributed by atoms with Crippen molar-refractivity contribution in [2.45, 2.75) is 51.6 Å². The molecule has 1 aromatic carbocycles. The second-order valence-electron chi connectivity index (χ2n) is 6.79. The molecule has 0 aliphatic carbocycles. The maximum Gasteiger partial charge on any atom is 0.191 e. The van der Waals surface area contributed by atoms with Crippen LogP contribution in [0, 0.1) is 0 Å². The number of unbranched alkanes of at least 4 members (excludes halogenated alkanes) is 1. The predicted molar refractivity (Wildman–Crippen MR) is 105 cm³/mol. The highest BCUT2D eigenvalue weighted by Gasteiger charge is 2.16. The summed E-state index contributed by atoms with van der Waals surface area (Å²) in [4.78, 5) is 6.94. The van der Waals surface area contributed by atoms with Gasteiger partial charge in [0.15, 0.2) is 5.96 Å². The van der Waals surface area contributed by atoms with Crippen LogP contribution in [0.3, 0.4) is 0 Å². The van der Waals surface area contributed by atoms with Crippen LogP contribution in [0.1, 0.15) is 44.6 Å². The summed E-state index contributed by atoms with van der Waals surface area (Å²) >= 11 is 0. The van der Waals surface area contributed by atoms with E-state index < -0.39 is 0 Å². The quantitative estimate of drug-likeness (QED) is 0.432. The van der Waals surface area contributed by atoms with Gasteiger partial charge in [-0.05, 0) is 63.4 Å². The molecule has 25 heavy (non-hydrogen) atoms. The third-order valence-electron chi connectivity index (χ3n) is 4.92. The van der Waals surface area contributed by atoms with Crippen molar-refractivity contribution in [3.63, 3.8) is 0 Å². The second kappa shape index (κ2) is 11.0. The zero-order valence-electron chi connectivity index (χ0n) is 16.1. The molecular formula is C20H34N4O. The number of aliphatic imine (C=N–C) groups is 1. The molecule has 0 saturated carbocycles. The van der Waals surface area contributed by atoms with Gasteiger partial charge < -0.3 is 20.3 Å². The summed E-state index contributed by atoms with van der Waals surface area (Å²) in [6.07, 6.45) is 6.53. The standard InChI is InChI=1S/C20H34N4O/c1-17-9-4-6-13-24(17)14-7-5-12-22-20(21-2)23-16-18-10-8-11-19(15-18)25-3/h8,10-11,15,17H,4-7,9,12-14,16H2,1-3H3,(H2,21,22,23). The van der Waals surface area contributed by atoms with Crippen LogP contribution in [0.5, 0.6) is 5.75 Å². The van der Waals surface area contributed by atoms with Crippen LogP contribution < -0.4 is 15.4 Å². The molecule has 5 heteroatoms. The number of guanidine groups is 1. The van der Waals surface area contributed by atoms with Gasteiger partial charge in [0.1, 0.15) is 5.75 Å². The highest BCUT2D eigenvalue weighted by Crippen LogP contribution is 2.16. The van der Waals surface area contributed by atoms with Crippen molar-refractivity contribution in [3.05, 3.63) is 29.8 Å². The molecule has 2 N–H and O–H groups in total. The topological polar surface area (TPSA) is 48.9 Å². The monoisotopic (exact) mass is 346 g/mol. The van der Waals surface area contributed by atoms with E-state index in [0.717, 1.165) is 30.8 Å².